The maximum atomic E-state index is 18.7. The molecule has 0 aliphatic carbocycles. The Kier molecular flexibility index (Phi) is 16.0. The van der Waals surface area contributed by atoms with Crippen molar-refractivity contribution in [3.8, 4) is 0 Å². The first-order valence-electron chi connectivity index (χ1n) is 26.7. The van der Waals surface area contributed by atoms with E-state index in [2.05, 4.69) is 10.6 Å². The van der Waals surface area contributed by atoms with Crippen LogP contribution in [0.1, 0.15) is 254 Å². The van der Waals surface area contributed by atoms with Crippen molar-refractivity contribution in [1.29, 1.82) is 0 Å². The molecule has 0 unspecified atom stereocenters. The van der Waals surface area contributed by atoms with Gasteiger partial charge in [-0.15, -0.1) is 0 Å². The van der Waals surface area contributed by atoms with Crippen LogP contribution in [0.25, 0.3) is 0 Å². The molecule has 1 aromatic rings. The second-order valence-corrected chi connectivity index (χ2v) is 29.0. The number of nitrogens with one attached hydrogen (secondary N) is 2. The lowest BCUT2D eigenvalue weighted by molar-refractivity contribution is -0.257. The lowest BCUT2D eigenvalue weighted by Crippen LogP contribution is -2.61. The van der Waals surface area contributed by atoms with Crippen molar-refractivity contribution in [3.63, 3.8) is 0 Å². The first-order chi connectivity index (χ1) is 33.7. The van der Waals surface area contributed by atoms with Crippen molar-refractivity contribution in [2.75, 3.05) is 0 Å². The summed E-state index contributed by atoms with van der Waals surface area (Å²) in [7, 11) is 0. The molecule has 6 rings (SSSR count). The Morgan fingerprint density at radius 1 is 0.347 bits per heavy atom. The molecule has 19 heteroatoms. The maximum absolute atomic E-state index is 18.7. The lowest BCUT2D eigenvalue weighted by atomic mass is 9.80. The van der Waals surface area contributed by atoms with E-state index >= 15 is 28.4 Å². The molecule has 5 heterocycles. The van der Waals surface area contributed by atoms with Crippen LogP contribution in [0.3, 0.4) is 0 Å². The minimum absolute atomic E-state index is 0.0444. The van der Waals surface area contributed by atoms with Crippen LogP contribution >= 0.6 is 0 Å². The minimum atomic E-state index is -1.68. The fourth-order valence-electron chi connectivity index (χ4n) is 14.2. The van der Waals surface area contributed by atoms with Crippen LogP contribution < -0.4 is 10.6 Å². The quantitative estimate of drug-likeness (QED) is 0.109. The summed E-state index contributed by atoms with van der Waals surface area (Å²) in [6, 6.07) is 0. The highest BCUT2D eigenvalue weighted by atomic mass is 19.1. The van der Waals surface area contributed by atoms with Gasteiger partial charge in [-0.3, -0.25) is 0 Å². The summed E-state index contributed by atoms with van der Waals surface area (Å²) in [6.45, 7) is 36.3. The van der Waals surface area contributed by atoms with Gasteiger partial charge in [0.2, 0.25) is 0 Å². The molecule has 0 spiro atoms. The van der Waals surface area contributed by atoms with Gasteiger partial charge in [0.05, 0.1) is 16.7 Å². The van der Waals surface area contributed by atoms with E-state index in [1.54, 1.807) is 83.1 Å². The second kappa shape index (κ2) is 19.8. The molecule has 0 atom stereocenters. The zero-order valence-electron chi connectivity index (χ0n) is 48.6. The Balaban J connectivity index is 1.67. The van der Waals surface area contributed by atoms with E-state index in [9.17, 15) is 15.6 Å². The summed E-state index contributed by atoms with van der Waals surface area (Å²) in [5.74, 6) is -8.69. The summed E-state index contributed by atoms with van der Waals surface area (Å²) in [4.78, 5) is 77.3. The van der Waals surface area contributed by atoms with E-state index in [4.69, 9.17) is 23.7 Å². The molecule has 0 aromatic heterocycles. The number of halogens is 1. The summed E-state index contributed by atoms with van der Waals surface area (Å²) in [6.07, 6.45) is -3.54. The molecular weight excluding hydrogens is 970 g/mol. The van der Waals surface area contributed by atoms with E-state index in [0.717, 1.165) is 5.06 Å². The minimum Gasteiger partial charge on any atom is -0.459 e. The summed E-state index contributed by atoms with van der Waals surface area (Å²) in [5, 5.41) is 44.2. The van der Waals surface area contributed by atoms with Gasteiger partial charge in [-0.2, -0.15) is 15.2 Å². The number of ether oxygens (including phenoxy) is 5. The van der Waals surface area contributed by atoms with Crippen molar-refractivity contribution in [3.05, 3.63) is 33.6 Å². The van der Waals surface area contributed by atoms with Gasteiger partial charge in [0, 0.05) is 120 Å². The van der Waals surface area contributed by atoms with E-state index in [0.29, 0.717) is 0 Å². The average molecular weight is 1060 g/mol. The second-order valence-electron chi connectivity index (χ2n) is 29.0. The van der Waals surface area contributed by atoms with Gasteiger partial charge < -0.3 is 49.9 Å². The molecule has 5 fully saturated rings. The maximum Gasteiger partial charge on any atom is 0.342 e. The number of rotatable bonds is 10. The normalized spacial score (nSPS) is 26.7. The van der Waals surface area contributed by atoms with E-state index in [-0.39, 0.29) is 64.2 Å². The lowest BCUT2D eigenvalue weighted by Gasteiger charge is -2.51. The average Bonchev–Trinajstić information content (AvgIpc) is 3.17. The molecule has 5 N–H and O–H groups in total. The largest absolute Gasteiger partial charge is 0.459 e. The number of carbonyl (C=O) groups is 5. The molecule has 0 saturated carbocycles. The highest BCUT2D eigenvalue weighted by Gasteiger charge is 2.53. The molecular formula is C56H90FN5O13. The van der Waals surface area contributed by atoms with E-state index in [1.165, 1.54) is 10.1 Å². The first-order valence-corrected chi connectivity index (χ1v) is 26.7. The number of carbonyl (C=O) groups excluding carboxylic acids is 5. The molecule has 5 saturated heterocycles. The third-order valence-electron chi connectivity index (χ3n) is 15.9. The number of nitrogens with zero attached hydrogens (tertiary/aromatic N) is 3. The highest BCUT2D eigenvalue weighted by Crippen LogP contribution is 2.44. The number of benzene rings is 1. The molecule has 5 aliphatic rings. The van der Waals surface area contributed by atoms with Gasteiger partial charge in [-0.05, 0) is 138 Å². The van der Waals surface area contributed by atoms with Crippen LogP contribution in [0.4, 0.5) is 4.39 Å². The Hall–Kier alpha value is -3.82. The smallest absolute Gasteiger partial charge is 0.342 e. The van der Waals surface area contributed by atoms with Crippen molar-refractivity contribution >= 4 is 29.8 Å². The van der Waals surface area contributed by atoms with Crippen LogP contribution in [-0.4, -0.2) is 147 Å². The van der Waals surface area contributed by atoms with Crippen LogP contribution in [0.15, 0.2) is 0 Å². The van der Waals surface area contributed by atoms with Crippen molar-refractivity contribution < 1.29 is 67.7 Å². The molecule has 0 radical (unpaired) electrons. The number of hydrogen-bond donors (Lipinski definition) is 5. The molecule has 5 aliphatic heterocycles. The first kappa shape index (κ1) is 60.4. The third kappa shape index (κ3) is 13.0. The van der Waals surface area contributed by atoms with E-state index in [1.807, 2.05) is 55.4 Å². The summed E-state index contributed by atoms with van der Waals surface area (Å²) in [5.41, 5.74) is -13.6. The molecule has 1 aromatic carbocycles. The van der Waals surface area contributed by atoms with Crippen LogP contribution in [0, 0.1) is 5.82 Å². The van der Waals surface area contributed by atoms with Gasteiger partial charge in [0.25, 0.3) is 0 Å². The number of esters is 5. The molecule has 18 nitrogen and oxygen atoms in total. The van der Waals surface area contributed by atoms with Gasteiger partial charge in [0.1, 0.15) is 41.6 Å². The molecule has 0 bridgehead atoms. The monoisotopic (exact) mass is 1060 g/mol. The summed E-state index contributed by atoms with van der Waals surface area (Å²) < 4.78 is 50.0. The zero-order valence-corrected chi connectivity index (χ0v) is 48.6. The Bertz CT molecular complexity index is 2340. The van der Waals surface area contributed by atoms with Gasteiger partial charge >= 0.3 is 29.8 Å². The fraction of sp³-hybridized carbons (Fsp3) is 0.804. The predicted molar refractivity (Wildman–Crippen MR) is 277 cm³/mol. The molecule has 0 amide bonds. The Labute approximate surface area is 444 Å². The highest BCUT2D eigenvalue weighted by molar-refractivity contribution is 6.19. The number of piperidine rings is 5. The van der Waals surface area contributed by atoms with Crippen LogP contribution in [0.2, 0.25) is 0 Å². The van der Waals surface area contributed by atoms with E-state index < -0.39 is 149 Å². The van der Waals surface area contributed by atoms with Gasteiger partial charge in [-0.1, -0.05) is 0 Å². The Morgan fingerprint density at radius 3 is 0.707 bits per heavy atom. The SMILES string of the molecule is CC1(C)CC(OC(=O)c2c(F)c(C(=O)OC3CC(C)(C)N(O)C(C)(C)C3)c(C(=O)OC3CC(C)(C)NC(C)(C)C3)c(C(=O)OC3CC(C)(C)N(O)C(C)(C)C3)c2C(=O)OC2CC(C)(C)N(O)C(C)(C)C2)CC(C)(C)N1. The number of hydroxylamine groups is 6. The Morgan fingerprint density at radius 2 is 0.507 bits per heavy atom. The zero-order chi connectivity index (χ0) is 57.0. The van der Waals surface area contributed by atoms with Crippen LogP contribution in [-0.2, 0) is 23.7 Å². The molecule has 75 heavy (non-hydrogen) atoms. The van der Waals surface area contributed by atoms with Gasteiger partial charge in [-0.25, -0.2) is 28.4 Å². The summed E-state index contributed by atoms with van der Waals surface area (Å²) >= 11 is 0. The van der Waals surface area contributed by atoms with Gasteiger partial charge in [0.15, 0.2) is 5.82 Å². The standard InChI is InChI=1S/C56H90FN5O13/c1-47(2)21-31(22-48(3,4)58-47)71-43(64)37-36(42(63)73-33-25-51(9,10)60(68)52(11,12)26-33)38(44(65)74-34-27-53(13,14)61(69)54(15,16)28-34)39(45(66)72-32-23-49(5,6)59-50(7,8)24-32)41(57)40(37)46(67)75-35-29-55(17,18)62(70)56(19,20)30-35/h31-35,58-59,68-70H,21-30H2,1-20H3. The van der Waals surface area contributed by atoms with Crippen LogP contribution in [0.5, 0.6) is 0 Å². The topological polar surface area (TPSA) is 226 Å². The van der Waals surface area contributed by atoms with Crippen molar-refractivity contribution in [2.45, 2.75) is 289 Å². The van der Waals surface area contributed by atoms with Crippen molar-refractivity contribution in [1.82, 2.24) is 25.8 Å². The van der Waals surface area contributed by atoms with Crippen molar-refractivity contribution in [2.24, 2.45) is 0 Å². The fourth-order valence-corrected chi connectivity index (χ4v) is 14.2. The number of hydrogen-bond acceptors (Lipinski definition) is 18. The third-order valence-corrected chi connectivity index (χ3v) is 15.9. The predicted octanol–water partition coefficient (Wildman–Crippen LogP) is 9.46. The molecule has 424 valence electrons.